The summed E-state index contributed by atoms with van der Waals surface area (Å²) in [5, 5.41) is 14.0. The molecule has 2 N–H and O–H groups in total. The SMILES string of the molecule is CC/C(=N\NC(=O)c1ccccc1C)c1ccccc1O. The number of para-hydroxylation sites is 1. The fraction of sp³-hybridized carbons (Fsp3) is 0.176. The molecule has 0 bridgehead atoms. The van der Waals surface area contributed by atoms with Crippen LogP contribution in [0.15, 0.2) is 53.6 Å². The second-order valence-electron chi connectivity index (χ2n) is 4.69. The van der Waals surface area contributed by atoms with Gasteiger partial charge in [0.15, 0.2) is 0 Å². The van der Waals surface area contributed by atoms with Crippen molar-refractivity contribution in [2.45, 2.75) is 20.3 Å². The van der Waals surface area contributed by atoms with Gasteiger partial charge in [-0.25, -0.2) is 5.43 Å². The highest BCUT2D eigenvalue weighted by Crippen LogP contribution is 2.18. The summed E-state index contributed by atoms with van der Waals surface area (Å²) in [6.45, 7) is 3.80. The maximum Gasteiger partial charge on any atom is 0.271 e. The Kier molecular flexibility index (Phi) is 4.72. The van der Waals surface area contributed by atoms with Gasteiger partial charge in [0.05, 0.1) is 5.71 Å². The third-order valence-corrected chi connectivity index (χ3v) is 3.23. The van der Waals surface area contributed by atoms with Crippen LogP contribution in [0.4, 0.5) is 0 Å². The zero-order valence-corrected chi connectivity index (χ0v) is 12.1. The summed E-state index contributed by atoms with van der Waals surface area (Å²) in [4.78, 5) is 12.1. The van der Waals surface area contributed by atoms with Crippen molar-refractivity contribution in [1.29, 1.82) is 0 Å². The number of aromatic hydroxyl groups is 1. The van der Waals surface area contributed by atoms with Crippen molar-refractivity contribution in [2.24, 2.45) is 5.10 Å². The third kappa shape index (κ3) is 3.48. The quantitative estimate of drug-likeness (QED) is 0.668. The van der Waals surface area contributed by atoms with Crippen molar-refractivity contribution in [2.75, 3.05) is 0 Å². The molecule has 0 fully saturated rings. The zero-order valence-electron chi connectivity index (χ0n) is 12.1. The maximum atomic E-state index is 12.1. The van der Waals surface area contributed by atoms with Crippen LogP contribution in [0.3, 0.4) is 0 Å². The number of benzene rings is 2. The van der Waals surface area contributed by atoms with E-state index in [2.05, 4.69) is 10.5 Å². The number of nitrogens with one attached hydrogen (secondary N) is 1. The molecule has 2 aromatic rings. The van der Waals surface area contributed by atoms with E-state index < -0.39 is 0 Å². The van der Waals surface area contributed by atoms with Crippen LogP contribution < -0.4 is 5.43 Å². The van der Waals surface area contributed by atoms with Crippen LogP contribution in [-0.4, -0.2) is 16.7 Å². The molecule has 108 valence electrons. The van der Waals surface area contributed by atoms with Gasteiger partial charge in [0.2, 0.25) is 0 Å². The minimum atomic E-state index is -0.255. The van der Waals surface area contributed by atoms with Crippen LogP contribution in [0.5, 0.6) is 5.75 Å². The van der Waals surface area contributed by atoms with Crippen LogP contribution >= 0.6 is 0 Å². The Labute approximate surface area is 124 Å². The molecule has 21 heavy (non-hydrogen) atoms. The highest BCUT2D eigenvalue weighted by Gasteiger charge is 2.10. The normalized spacial score (nSPS) is 11.2. The summed E-state index contributed by atoms with van der Waals surface area (Å²) in [6, 6.07) is 14.3. The minimum Gasteiger partial charge on any atom is -0.507 e. The van der Waals surface area contributed by atoms with Crippen LogP contribution in [0, 0.1) is 6.92 Å². The molecule has 2 aromatic carbocycles. The number of nitrogens with zero attached hydrogens (tertiary/aromatic N) is 1. The largest absolute Gasteiger partial charge is 0.507 e. The minimum absolute atomic E-state index is 0.156. The van der Waals surface area contributed by atoms with Crippen LogP contribution in [-0.2, 0) is 0 Å². The molecule has 0 unspecified atom stereocenters. The van der Waals surface area contributed by atoms with E-state index >= 15 is 0 Å². The monoisotopic (exact) mass is 282 g/mol. The molecule has 4 nitrogen and oxygen atoms in total. The highest BCUT2D eigenvalue weighted by atomic mass is 16.3. The molecular formula is C17H18N2O2. The van der Waals surface area contributed by atoms with Gasteiger partial charge in [0.1, 0.15) is 5.75 Å². The Hall–Kier alpha value is -2.62. The number of hydrazone groups is 1. The summed E-state index contributed by atoms with van der Waals surface area (Å²) >= 11 is 0. The van der Waals surface area contributed by atoms with Crippen molar-refractivity contribution < 1.29 is 9.90 Å². The Morgan fingerprint density at radius 1 is 1.10 bits per heavy atom. The Morgan fingerprint density at radius 2 is 1.71 bits per heavy atom. The molecule has 0 heterocycles. The van der Waals surface area contributed by atoms with E-state index in [-0.39, 0.29) is 11.7 Å². The van der Waals surface area contributed by atoms with Crippen LogP contribution in [0.1, 0.15) is 34.8 Å². The van der Waals surface area contributed by atoms with E-state index in [0.29, 0.717) is 23.3 Å². The number of hydrogen-bond donors (Lipinski definition) is 2. The van der Waals surface area contributed by atoms with Gasteiger partial charge in [-0.3, -0.25) is 4.79 Å². The van der Waals surface area contributed by atoms with E-state index in [1.807, 2.05) is 38.1 Å². The third-order valence-electron chi connectivity index (χ3n) is 3.23. The van der Waals surface area contributed by atoms with Crippen molar-refractivity contribution >= 4 is 11.6 Å². The van der Waals surface area contributed by atoms with E-state index in [0.717, 1.165) is 5.56 Å². The molecule has 0 spiro atoms. The van der Waals surface area contributed by atoms with Gasteiger partial charge in [0, 0.05) is 11.1 Å². The van der Waals surface area contributed by atoms with Crippen molar-refractivity contribution in [3.8, 4) is 5.75 Å². The van der Waals surface area contributed by atoms with Gasteiger partial charge in [-0.05, 0) is 37.1 Å². The first-order chi connectivity index (χ1) is 10.1. The highest BCUT2D eigenvalue weighted by molar-refractivity contribution is 6.04. The molecule has 0 aliphatic carbocycles. The summed E-state index contributed by atoms with van der Waals surface area (Å²) in [7, 11) is 0. The van der Waals surface area contributed by atoms with Crippen molar-refractivity contribution in [1.82, 2.24) is 5.43 Å². The molecule has 4 heteroatoms. The number of aryl methyl sites for hydroxylation is 1. The second-order valence-corrected chi connectivity index (χ2v) is 4.69. The Balaban J connectivity index is 2.21. The lowest BCUT2D eigenvalue weighted by Gasteiger charge is -2.08. The topological polar surface area (TPSA) is 61.7 Å². The number of amides is 1. The van der Waals surface area contributed by atoms with Gasteiger partial charge in [-0.15, -0.1) is 0 Å². The van der Waals surface area contributed by atoms with E-state index in [1.54, 1.807) is 24.3 Å². The fourth-order valence-electron chi connectivity index (χ4n) is 2.05. The average Bonchev–Trinajstić information content (AvgIpc) is 2.49. The lowest BCUT2D eigenvalue weighted by molar-refractivity contribution is 0.0954. The van der Waals surface area contributed by atoms with E-state index in [1.165, 1.54) is 0 Å². The summed E-state index contributed by atoms with van der Waals surface area (Å²) in [5.74, 6) is -0.0993. The molecule has 0 saturated carbocycles. The van der Waals surface area contributed by atoms with Gasteiger partial charge in [-0.1, -0.05) is 37.3 Å². The fourth-order valence-corrected chi connectivity index (χ4v) is 2.05. The first kappa shape index (κ1) is 14.8. The molecule has 0 atom stereocenters. The summed E-state index contributed by atoms with van der Waals surface area (Å²) in [6.07, 6.45) is 0.603. The Morgan fingerprint density at radius 3 is 2.33 bits per heavy atom. The molecule has 2 rings (SSSR count). The summed E-state index contributed by atoms with van der Waals surface area (Å²) in [5.41, 5.74) is 5.30. The smallest absolute Gasteiger partial charge is 0.271 e. The van der Waals surface area contributed by atoms with Gasteiger partial charge in [-0.2, -0.15) is 5.10 Å². The lowest BCUT2D eigenvalue weighted by Crippen LogP contribution is -2.20. The lowest BCUT2D eigenvalue weighted by atomic mass is 10.1. The number of carbonyl (C=O) groups is 1. The molecule has 0 aromatic heterocycles. The van der Waals surface area contributed by atoms with E-state index in [4.69, 9.17) is 0 Å². The summed E-state index contributed by atoms with van der Waals surface area (Å²) < 4.78 is 0. The number of phenols is 1. The molecular weight excluding hydrogens is 264 g/mol. The predicted octanol–water partition coefficient (Wildman–Crippen LogP) is 3.24. The first-order valence-corrected chi connectivity index (χ1v) is 6.84. The van der Waals surface area contributed by atoms with Gasteiger partial charge in [0.25, 0.3) is 5.91 Å². The average molecular weight is 282 g/mol. The van der Waals surface area contributed by atoms with Crippen molar-refractivity contribution in [3.63, 3.8) is 0 Å². The van der Waals surface area contributed by atoms with Gasteiger partial charge >= 0.3 is 0 Å². The zero-order chi connectivity index (χ0) is 15.2. The maximum absolute atomic E-state index is 12.1. The second kappa shape index (κ2) is 6.70. The number of hydrogen-bond acceptors (Lipinski definition) is 3. The van der Waals surface area contributed by atoms with Gasteiger partial charge < -0.3 is 5.11 Å². The van der Waals surface area contributed by atoms with Crippen LogP contribution in [0.25, 0.3) is 0 Å². The Bertz CT molecular complexity index is 678. The molecule has 0 aliphatic heterocycles. The predicted molar refractivity (Wildman–Crippen MR) is 83.6 cm³/mol. The number of rotatable bonds is 4. The number of carbonyl (C=O) groups excluding carboxylic acids is 1. The number of phenolic OH excluding ortho intramolecular Hbond substituents is 1. The standard InChI is InChI=1S/C17H18N2O2/c1-3-15(14-10-6-7-11-16(14)20)18-19-17(21)13-9-5-4-8-12(13)2/h4-11,20H,3H2,1-2H3,(H,19,21)/b18-15+. The van der Waals surface area contributed by atoms with Crippen molar-refractivity contribution in [3.05, 3.63) is 65.2 Å². The first-order valence-electron chi connectivity index (χ1n) is 6.84. The van der Waals surface area contributed by atoms with E-state index in [9.17, 15) is 9.90 Å². The van der Waals surface area contributed by atoms with Crippen LogP contribution in [0.2, 0.25) is 0 Å². The molecule has 1 amide bonds. The molecule has 0 radical (unpaired) electrons. The molecule has 0 aliphatic rings. The molecule has 0 saturated heterocycles.